The van der Waals surface area contributed by atoms with E-state index in [9.17, 15) is 0 Å². The summed E-state index contributed by atoms with van der Waals surface area (Å²) in [6, 6.07) is 2.64. The lowest BCUT2D eigenvalue weighted by atomic mass is 10.1. The van der Waals surface area contributed by atoms with Gasteiger partial charge in [0.25, 0.3) is 0 Å². The lowest BCUT2D eigenvalue weighted by Crippen LogP contribution is -2.24. The highest BCUT2D eigenvalue weighted by molar-refractivity contribution is 7.12. The Morgan fingerprint density at radius 3 is 3.05 bits per heavy atom. The van der Waals surface area contributed by atoms with Crippen LogP contribution in [0.4, 0.5) is 0 Å². The van der Waals surface area contributed by atoms with Crippen LogP contribution < -0.4 is 5.32 Å². The summed E-state index contributed by atoms with van der Waals surface area (Å²) < 4.78 is 2.23. The molecule has 4 heteroatoms. The molecule has 2 aromatic rings. The van der Waals surface area contributed by atoms with Gasteiger partial charge in [0.15, 0.2) is 0 Å². The first-order valence-electron chi connectivity index (χ1n) is 7.19. The molecule has 0 saturated carbocycles. The highest BCUT2D eigenvalue weighted by Crippen LogP contribution is 2.35. The number of nitrogens with zero attached hydrogens (tertiary/aromatic N) is 2. The van der Waals surface area contributed by atoms with Gasteiger partial charge in [-0.05, 0) is 44.4 Å². The van der Waals surface area contributed by atoms with Crippen LogP contribution in [0.25, 0.3) is 0 Å². The molecule has 1 N–H and O–H groups in total. The summed E-state index contributed by atoms with van der Waals surface area (Å²) in [5.74, 6) is 1.14. The van der Waals surface area contributed by atoms with E-state index in [1.165, 1.54) is 24.1 Å². The van der Waals surface area contributed by atoms with Gasteiger partial charge in [-0.25, -0.2) is 4.98 Å². The minimum atomic E-state index is 0.246. The van der Waals surface area contributed by atoms with Crippen molar-refractivity contribution in [2.45, 2.75) is 45.7 Å². The number of hydrogen-bond donors (Lipinski definition) is 1. The van der Waals surface area contributed by atoms with Gasteiger partial charge in [0, 0.05) is 28.7 Å². The zero-order chi connectivity index (χ0) is 13.2. The van der Waals surface area contributed by atoms with Crippen LogP contribution in [0, 0.1) is 0 Å². The Balaban J connectivity index is 1.96. The molecule has 0 fully saturated rings. The maximum absolute atomic E-state index is 4.57. The molecule has 2 heterocycles. The van der Waals surface area contributed by atoms with E-state index >= 15 is 0 Å². The number of rotatable bonds is 5. The largest absolute Gasteiger partial charge is 0.334 e. The van der Waals surface area contributed by atoms with E-state index < -0.39 is 0 Å². The maximum Gasteiger partial charge on any atom is 0.131 e. The fraction of sp³-hybridized carbons (Fsp3) is 0.533. The minimum absolute atomic E-state index is 0.246. The van der Waals surface area contributed by atoms with E-state index in [0.717, 1.165) is 18.9 Å². The molecule has 1 aliphatic rings. The summed E-state index contributed by atoms with van der Waals surface area (Å²) in [4.78, 5) is 7.59. The molecule has 3 rings (SSSR count). The number of nitrogens with one attached hydrogen (secondary N) is 1. The van der Waals surface area contributed by atoms with E-state index in [1.54, 1.807) is 10.4 Å². The van der Waals surface area contributed by atoms with Crippen LogP contribution in [0.3, 0.4) is 0 Å². The highest BCUT2D eigenvalue weighted by atomic mass is 32.1. The molecule has 1 unspecified atom stereocenters. The lowest BCUT2D eigenvalue weighted by molar-refractivity contribution is 0.565. The lowest BCUT2D eigenvalue weighted by Gasteiger charge is -2.17. The molecule has 0 aromatic carbocycles. The first-order chi connectivity index (χ1) is 9.33. The third-order valence-electron chi connectivity index (χ3n) is 3.80. The van der Waals surface area contributed by atoms with Crippen molar-refractivity contribution in [2.75, 3.05) is 6.54 Å². The van der Waals surface area contributed by atoms with Gasteiger partial charge in [-0.3, -0.25) is 0 Å². The number of fused-ring (bicyclic) bond motifs is 1. The van der Waals surface area contributed by atoms with Crippen LogP contribution in [0.15, 0.2) is 18.5 Å². The van der Waals surface area contributed by atoms with Gasteiger partial charge in [-0.15, -0.1) is 11.3 Å². The standard InChI is InChI=1S/C15H21N3S/c1-3-16-14(15-17-8-9-18(15)4-2)13-10-11-6-5-7-12(11)19-13/h8-10,14,16H,3-7H2,1-2H3. The minimum Gasteiger partial charge on any atom is -0.334 e. The van der Waals surface area contributed by atoms with Crippen molar-refractivity contribution in [2.24, 2.45) is 0 Å². The Morgan fingerprint density at radius 2 is 2.32 bits per heavy atom. The van der Waals surface area contributed by atoms with Crippen LogP contribution >= 0.6 is 11.3 Å². The van der Waals surface area contributed by atoms with Crippen LogP contribution in [-0.2, 0) is 19.4 Å². The van der Waals surface area contributed by atoms with Gasteiger partial charge in [0.05, 0.1) is 0 Å². The van der Waals surface area contributed by atoms with Gasteiger partial charge >= 0.3 is 0 Å². The van der Waals surface area contributed by atoms with Gasteiger partial charge in [-0.1, -0.05) is 6.92 Å². The SMILES string of the molecule is CCNC(c1cc2c(s1)CCC2)c1nccn1CC. The first kappa shape index (κ1) is 12.9. The quantitative estimate of drug-likeness (QED) is 0.908. The van der Waals surface area contributed by atoms with E-state index in [0.29, 0.717) is 0 Å². The molecule has 1 aliphatic carbocycles. The van der Waals surface area contributed by atoms with Crippen molar-refractivity contribution in [3.05, 3.63) is 39.6 Å². The normalized spacial score (nSPS) is 15.7. The van der Waals surface area contributed by atoms with Crippen LogP contribution in [0.5, 0.6) is 0 Å². The van der Waals surface area contributed by atoms with E-state index in [2.05, 4.69) is 41.0 Å². The molecule has 0 spiro atoms. The van der Waals surface area contributed by atoms with E-state index in [1.807, 2.05) is 17.5 Å². The average molecular weight is 275 g/mol. The Morgan fingerprint density at radius 1 is 1.42 bits per heavy atom. The summed E-state index contributed by atoms with van der Waals surface area (Å²) in [6.07, 6.45) is 7.83. The van der Waals surface area contributed by atoms with Crippen molar-refractivity contribution in [3.63, 3.8) is 0 Å². The molecule has 0 radical (unpaired) electrons. The van der Waals surface area contributed by atoms with Crippen LogP contribution in [0.2, 0.25) is 0 Å². The first-order valence-corrected chi connectivity index (χ1v) is 8.01. The Hall–Kier alpha value is -1.13. The van der Waals surface area contributed by atoms with Crippen molar-refractivity contribution >= 4 is 11.3 Å². The molecule has 1 atom stereocenters. The van der Waals surface area contributed by atoms with E-state index in [4.69, 9.17) is 0 Å². The number of aryl methyl sites for hydroxylation is 3. The third kappa shape index (κ3) is 2.35. The molecule has 19 heavy (non-hydrogen) atoms. The van der Waals surface area contributed by atoms with Crippen LogP contribution in [0.1, 0.15) is 47.5 Å². The fourth-order valence-electron chi connectivity index (χ4n) is 2.87. The molecule has 2 aromatic heterocycles. The zero-order valence-corrected chi connectivity index (χ0v) is 12.5. The molecule has 0 saturated heterocycles. The van der Waals surface area contributed by atoms with Gasteiger partial charge in [-0.2, -0.15) is 0 Å². The van der Waals surface area contributed by atoms with E-state index in [-0.39, 0.29) is 6.04 Å². The van der Waals surface area contributed by atoms with Crippen molar-refractivity contribution in [3.8, 4) is 0 Å². The molecule has 0 aliphatic heterocycles. The van der Waals surface area contributed by atoms with Crippen molar-refractivity contribution in [1.82, 2.24) is 14.9 Å². The third-order valence-corrected chi connectivity index (χ3v) is 5.11. The Kier molecular flexibility index (Phi) is 3.71. The summed E-state index contributed by atoms with van der Waals surface area (Å²) in [7, 11) is 0. The molecule has 3 nitrogen and oxygen atoms in total. The number of aromatic nitrogens is 2. The summed E-state index contributed by atoms with van der Waals surface area (Å²) in [5, 5.41) is 3.59. The summed E-state index contributed by atoms with van der Waals surface area (Å²) in [6.45, 7) is 6.27. The zero-order valence-electron chi connectivity index (χ0n) is 11.6. The van der Waals surface area contributed by atoms with Gasteiger partial charge in [0.2, 0.25) is 0 Å². The summed E-state index contributed by atoms with van der Waals surface area (Å²) in [5.41, 5.74) is 1.57. The predicted molar refractivity (Wildman–Crippen MR) is 79.8 cm³/mol. The summed E-state index contributed by atoms with van der Waals surface area (Å²) >= 11 is 1.97. The van der Waals surface area contributed by atoms with Crippen molar-refractivity contribution < 1.29 is 0 Å². The number of hydrogen-bond acceptors (Lipinski definition) is 3. The fourth-order valence-corrected chi connectivity index (χ4v) is 4.20. The molecule has 0 amide bonds. The topological polar surface area (TPSA) is 29.9 Å². The van der Waals surface area contributed by atoms with Gasteiger partial charge in [0.1, 0.15) is 11.9 Å². The second-order valence-corrected chi connectivity index (χ2v) is 6.18. The Labute approximate surface area is 118 Å². The maximum atomic E-state index is 4.57. The predicted octanol–water partition coefficient (Wildman–Crippen LogP) is 3.15. The average Bonchev–Trinajstić information content (AvgIpc) is 3.10. The van der Waals surface area contributed by atoms with Crippen LogP contribution in [-0.4, -0.2) is 16.1 Å². The monoisotopic (exact) mass is 275 g/mol. The molecule has 102 valence electrons. The second-order valence-electron chi connectivity index (χ2n) is 5.01. The smallest absolute Gasteiger partial charge is 0.131 e. The molecular formula is C15H21N3S. The van der Waals surface area contributed by atoms with Crippen molar-refractivity contribution in [1.29, 1.82) is 0 Å². The van der Waals surface area contributed by atoms with Gasteiger partial charge < -0.3 is 9.88 Å². The second kappa shape index (κ2) is 5.47. The molecule has 0 bridgehead atoms. The molecular weight excluding hydrogens is 254 g/mol. The number of imidazole rings is 1. The highest BCUT2D eigenvalue weighted by Gasteiger charge is 2.23. The number of thiophene rings is 1. The Bertz CT molecular complexity index is 534.